The van der Waals surface area contributed by atoms with Crippen molar-refractivity contribution in [3.05, 3.63) is 11.3 Å². The Morgan fingerprint density at radius 3 is 1.88 bits per heavy atom. The molecule has 0 bridgehead atoms. The van der Waals surface area contributed by atoms with E-state index in [4.69, 9.17) is 5.10 Å². The number of hydrogen-bond acceptors (Lipinski definition) is 3. The number of rotatable bonds is 8. The van der Waals surface area contributed by atoms with Gasteiger partial charge in [-0.05, 0) is 0 Å². The molecule has 1 aliphatic heterocycles. The Bertz CT molecular complexity index is 829. The van der Waals surface area contributed by atoms with Crippen LogP contribution in [0.3, 0.4) is 0 Å². The van der Waals surface area contributed by atoms with Crippen LogP contribution in [-0.4, -0.2) is 21.9 Å². The minimum absolute atomic E-state index is 0.0947. The predicted octanol–water partition coefficient (Wildman–Crippen LogP) is 9.35. The van der Waals surface area contributed by atoms with Crippen LogP contribution >= 0.6 is 249 Å². The summed E-state index contributed by atoms with van der Waals surface area (Å²) in [5.74, 6) is 1.24. The summed E-state index contributed by atoms with van der Waals surface area (Å²) >= 11 is 25.7. The zero-order chi connectivity index (χ0) is 25.7. The second-order valence-electron chi connectivity index (χ2n) is 6.89. The van der Waals surface area contributed by atoms with Crippen molar-refractivity contribution in [2.24, 2.45) is 7.05 Å². The quantitative estimate of drug-likeness (QED) is 0.160. The number of aromatic nitrogens is 2. The monoisotopic (exact) mass is 2490 g/mol. The molecule has 0 radical (unpaired) electrons. The van der Waals surface area contributed by atoms with Crippen molar-refractivity contribution in [1.82, 2.24) is 14.8 Å². The fourth-order valence-electron chi connectivity index (χ4n) is 3.02. The van der Waals surface area contributed by atoms with Gasteiger partial charge in [0.2, 0.25) is 0 Å². The maximum atomic E-state index is 5.21. The molecule has 0 amide bonds. The molecule has 0 saturated carbocycles. The Morgan fingerprint density at radius 1 is 0.939 bits per heavy atom. The first-order chi connectivity index (χ1) is 15.1. The Balaban J connectivity index is 3.27. The molecule has 0 aliphatic carbocycles. The van der Waals surface area contributed by atoms with Crippen LogP contribution in [0.5, 0.6) is 0 Å². The van der Waals surface area contributed by atoms with Crippen molar-refractivity contribution < 1.29 is 26.5 Å². The number of anilines is 1. The fraction of sp³-hybridized carbons (Fsp3) is 0.727. The van der Waals surface area contributed by atoms with Crippen molar-refractivity contribution in [3.63, 3.8) is 0 Å². The molecule has 0 aromatic carbocycles. The first-order valence-corrected chi connectivity index (χ1v) is 100. The van der Waals surface area contributed by atoms with Crippen LogP contribution in [0.15, 0.2) is 0 Å². The average molecular weight is 2490 g/mol. The Hall–Kier alpha value is 12.1. The Morgan fingerprint density at radius 2 is 1.48 bits per heavy atom. The van der Waals surface area contributed by atoms with Gasteiger partial charge in [-0.3, -0.25) is 0 Å². The van der Waals surface area contributed by atoms with E-state index >= 15 is 0 Å². The van der Waals surface area contributed by atoms with E-state index in [1.54, 1.807) is 5.56 Å². The first kappa shape index (κ1) is 41.3. The summed E-state index contributed by atoms with van der Waals surface area (Å²) < 4.78 is 3.19. The third-order valence-electron chi connectivity index (χ3n) is 4.25. The normalized spacial score (nSPS) is 26.5. The molecule has 22 heteroatoms. The molecule has 2 heterocycles. The summed E-state index contributed by atoms with van der Waals surface area (Å²) in [6.07, 6.45) is 0. The van der Waals surface area contributed by atoms with E-state index in [0.717, 1.165) is 0 Å². The Labute approximate surface area is 342 Å². The van der Waals surface area contributed by atoms with Gasteiger partial charge in [-0.25, -0.2) is 0 Å². The van der Waals surface area contributed by atoms with Crippen LogP contribution in [0.1, 0.15) is 32.0 Å². The molecular weight excluding hydrogens is 2470 g/mol. The third kappa shape index (κ3) is 8.65. The van der Waals surface area contributed by atoms with Crippen molar-refractivity contribution in [2.75, 3.05) is 5.43 Å². The number of alkyl halides is 4. The Kier molecular flexibility index (Phi) is 22.8. The van der Waals surface area contributed by atoms with Crippen LogP contribution in [0.25, 0.3) is 0 Å². The molecule has 0 spiro atoms. The zero-order valence-corrected chi connectivity index (χ0v) is 55.5. The molecule has 2 unspecified atom stereocenters. The van der Waals surface area contributed by atoms with Gasteiger partial charge in [0.15, 0.2) is 0 Å². The van der Waals surface area contributed by atoms with E-state index in [0.29, 0.717) is 16.2 Å². The van der Waals surface area contributed by atoms with Gasteiger partial charge in [0.25, 0.3) is 0 Å². The third-order valence-corrected chi connectivity index (χ3v) is 433. The SMILES string of the molecule is Cc1c2c(nn1C)NN(C(C)(C)C)C(I(I)I)(I(I)[I-]I)C2(I(I)I(I)I)I(I)I(I)[I-]I. The number of nitrogens with zero attached hydrogens (tertiary/aromatic N) is 3. The maximum absolute atomic E-state index is 5.21. The molecule has 1 aromatic rings. The van der Waals surface area contributed by atoms with E-state index in [-0.39, 0.29) is 18.8 Å². The number of aryl methyl sites for hydroxylation is 1. The molecule has 2 atom stereocenters. The molecule has 2 rings (SSSR count). The van der Waals surface area contributed by atoms with Gasteiger partial charge in [0.05, 0.1) is 0 Å². The summed E-state index contributed by atoms with van der Waals surface area (Å²) in [5.41, 5.74) is 7.45. The van der Waals surface area contributed by atoms with E-state index in [2.05, 4.69) is 236 Å². The second-order valence-corrected chi connectivity index (χ2v) is 237. The first-order valence-electron chi connectivity index (χ1n) is 7.77. The van der Waals surface area contributed by atoms with E-state index < -0.39 is 63.3 Å². The van der Waals surface area contributed by atoms with Crippen LogP contribution < -0.4 is 31.9 Å². The van der Waals surface area contributed by atoms with Crippen molar-refractivity contribution in [1.29, 1.82) is 0 Å². The van der Waals surface area contributed by atoms with E-state index in [9.17, 15) is 0 Å². The van der Waals surface area contributed by atoms with Gasteiger partial charge in [0, 0.05) is 0 Å². The number of hydrogen-bond donors (Lipinski definition) is 1. The number of fused-ring (bicyclic) bond motifs is 1. The summed E-state index contributed by atoms with van der Waals surface area (Å²) in [7, 11) is 0.235. The molecule has 208 valence electrons. The molecule has 33 heavy (non-hydrogen) atoms. The summed E-state index contributed by atoms with van der Waals surface area (Å²) in [6.45, 7) is 9.85. The minimum atomic E-state index is -1.38. The average Bonchev–Trinajstić information content (AvgIpc) is 3.02. The summed E-state index contributed by atoms with van der Waals surface area (Å²) in [4.78, 5) is 0. The van der Waals surface area contributed by atoms with Gasteiger partial charge in [-0.15, -0.1) is 0 Å². The van der Waals surface area contributed by atoms with Crippen LogP contribution in [0.4, 0.5) is 5.82 Å². The molecule has 0 fully saturated rings. The van der Waals surface area contributed by atoms with Crippen LogP contribution in [0.2, 0.25) is 0 Å². The van der Waals surface area contributed by atoms with Crippen molar-refractivity contribution in [2.45, 2.75) is 36.2 Å². The van der Waals surface area contributed by atoms with Gasteiger partial charge in [0.1, 0.15) is 0 Å². The number of hydrazine groups is 1. The topological polar surface area (TPSA) is 33.1 Å². The van der Waals surface area contributed by atoms with Crippen molar-refractivity contribution >= 4 is 255 Å². The second kappa shape index (κ2) is 18.2. The predicted molar refractivity (Wildman–Crippen MR) is 282 cm³/mol. The number of halogens is 18. The van der Waals surface area contributed by atoms with Crippen molar-refractivity contribution in [3.8, 4) is 0 Å². The molecular formula is C11H16I18N4-2. The van der Waals surface area contributed by atoms with Crippen LogP contribution in [-0.2, 0) is 8.48 Å². The van der Waals surface area contributed by atoms with Gasteiger partial charge < -0.3 is 0 Å². The zero-order valence-electron chi connectivity index (χ0n) is 16.6. The molecule has 4 nitrogen and oxygen atoms in total. The fourth-order valence-corrected chi connectivity index (χ4v) is 524. The molecule has 0 saturated heterocycles. The summed E-state index contributed by atoms with van der Waals surface area (Å²) in [6, 6.07) is 0. The van der Waals surface area contributed by atoms with E-state index in [1.165, 1.54) is 11.5 Å². The molecule has 1 aliphatic rings. The number of nitrogens with one attached hydrogen (secondary N) is 1. The van der Waals surface area contributed by atoms with Crippen LogP contribution in [0, 0.1) is 6.92 Å². The molecule has 1 aromatic heterocycles. The van der Waals surface area contributed by atoms with Gasteiger partial charge in [-0.1, -0.05) is 0 Å². The molecule has 1 N–H and O–H groups in total. The standard InChI is InChI=1S/C11H16I18N4/c1-6-7-8(30-32(6)5)31-33(9(2,3)4)11(24(14)15,25(16)22-12)10(7,26(17)28(19)20)27(18)29(21)23-13/h1-5H3,(H,30,31)/q-2. The van der Waals surface area contributed by atoms with Gasteiger partial charge in [-0.2, -0.15) is 0 Å². The summed E-state index contributed by atoms with van der Waals surface area (Å²) in [5, 5.41) is 8.14. The van der Waals surface area contributed by atoms with E-state index in [1.807, 2.05) is 0 Å². The van der Waals surface area contributed by atoms with Gasteiger partial charge >= 0.3 is 356 Å².